The number of carbonyl (C=O) groups is 2. The van der Waals surface area contributed by atoms with Crippen molar-refractivity contribution in [2.75, 3.05) is 32.6 Å². The number of carbonyl (C=O) groups excluding carboxylic acids is 2. The first-order valence-electron chi connectivity index (χ1n) is 8.65. The number of benzene rings is 2. The molecule has 2 amide bonds. The monoisotopic (exact) mass is 432 g/mol. The summed E-state index contributed by atoms with van der Waals surface area (Å²) in [4.78, 5) is 27.5. The molecular formula is C20H21BrN2O4. The van der Waals surface area contributed by atoms with E-state index in [0.717, 1.165) is 17.3 Å². The minimum atomic E-state index is -0.306. The van der Waals surface area contributed by atoms with Crippen LogP contribution in [0.1, 0.15) is 33.6 Å². The molecule has 1 heterocycles. The number of hydrogen-bond donors (Lipinski definition) is 1. The number of nitrogens with zero attached hydrogens (tertiary/aromatic N) is 1. The maximum atomic E-state index is 13.0. The molecule has 0 atom stereocenters. The van der Waals surface area contributed by atoms with Crippen molar-refractivity contribution in [2.24, 2.45) is 0 Å². The molecule has 0 aromatic heterocycles. The summed E-state index contributed by atoms with van der Waals surface area (Å²) >= 11 is 3.36. The van der Waals surface area contributed by atoms with E-state index in [0.29, 0.717) is 41.4 Å². The summed E-state index contributed by atoms with van der Waals surface area (Å²) in [6.45, 7) is 1.43. The highest BCUT2D eigenvalue weighted by atomic mass is 79.9. The Morgan fingerprint density at radius 1 is 1.04 bits per heavy atom. The number of nitrogens with one attached hydrogen (secondary N) is 1. The summed E-state index contributed by atoms with van der Waals surface area (Å²) in [5.41, 5.74) is 1.27. The van der Waals surface area contributed by atoms with E-state index in [2.05, 4.69) is 21.2 Å². The molecule has 0 bridgehead atoms. The van der Waals surface area contributed by atoms with Crippen LogP contribution in [0.5, 0.6) is 11.5 Å². The van der Waals surface area contributed by atoms with Gasteiger partial charge in [-0.05, 0) is 37.1 Å². The standard InChI is InChI=1S/C20H21BrN2O4/c1-26-17-11-15(20(25)23-8-3-4-9-23)16(12-18(17)27-2)22-19(24)13-6-5-7-14(21)10-13/h5-7,10-12H,3-4,8-9H2,1-2H3,(H,22,24). The number of likely N-dealkylation sites (tertiary alicyclic amines) is 1. The van der Waals surface area contributed by atoms with Crippen molar-refractivity contribution in [1.29, 1.82) is 0 Å². The average molecular weight is 433 g/mol. The molecule has 7 heteroatoms. The van der Waals surface area contributed by atoms with Crippen LogP contribution in [-0.2, 0) is 0 Å². The fourth-order valence-electron chi connectivity index (χ4n) is 3.07. The number of methoxy groups -OCH3 is 2. The van der Waals surface area contributed by atoms with Crippen LogP contribution in [0.4, 0.5) is 5.69 Å². The fraction of sp³-hybridized carbons (Fsp3) is 0.300. The lowest BCUT2D eigenvalue weighted by molar-refractivity contribution is 0.0793. The van der Waals surface area contributed by atoms with Crippen molar-refractivity contribution in [2.45, 2.75) is 12.8 Å². The Balaban J connectivity index is 1.98. The van der Waals surface area contributed by atoms with E-state index in [9.17, 15) is 9.59 Å². The minimum Gasteiger partial charge on any atom is -0.493 e. The molecule has 6 nitrogen and oxygen atoms in total. The van der Waals surface area contributed by atoms with E-state index in [4.69, 9.17) is 9.47 Å². The van der Waals surface area contributed by atoms with Crippen LogP contribution in [-0.4, -0.2) is 44.0 Å². The first kappa shape index (κ1) is 19.2. The lowest BCUT2D eigenvalue weighted by Crippen LogP contribution is -2.29. The number of halogens is 1. The molecule has 3 rings (SSSR count). The van der Waals surface area contributed by atoms with E-state index in [1.807, 2.05) is 6.07 Å². The van der Waals surface area contributed by atoms with Crippen molar-refractivity contribution in [1.82, 2.24) is 4.90 Å². The molecule has 27 heavy (non-hydrogen) atoms. The Labute approximate surface area is 166 Å². The Bertz CT molecular complexity index is 863. The third kappa shape index (κ3) is 4.24. The number of rotatable bonds is 5. The van der Waals surface area contributed by atoms with Gasteiger partial charge < -0.3 is 19.7 Å². The van der Waals surface area contributed by atoms with Crippen LogP contribution in [0.25, 0.3) is 0 Å². The zero-order valence-electron chi connectivity index (χ0n) is 15.3. The van der Waals surface area contributed by atoms with Gasteiger partial charge in [0.05, 0.1) is 25.5 Å². The Hall–Kier alpha value is -2.54. The zero-order chi connectivity index (χ0) is 19.4. The maximum absolute atomic E-state index is 13.0. The Kier molecular flexibility index (Phi) is 6.01. The molecule has 1 aliphatic heterocycles. The zero-order valence-corrected chi connectivity index (χ0v) is 16.8. The van der Waals surface area contributed by atoms with Gasteiger partial charge in [-0.3, -0.25) is 9.59 Å². The SMILES string of the molecule is COc1cc(NC(=O)c2cccc(Br)c2)c(C(=O)N2CCCC2)cc1OC. The molecule has 142 valence electrons. The molecule has 0 unspecified atom stereocenters. The second-order valence-electron chi connectivity index (χ2n) is 6.22. The topological polar surface area (TPSA) is 67.9 Å². The summed E-state index contributed by atoms with van der Waals surface area (Å²) < 4.78 is 11.5. The molecule has 1 aliphatic rings. The summed E-state index contributed by atoms with van der Waals surface area (Å²) in [5.74, 6) is 0.456. The second-order valence-corrected chi connectivity index (χ2v) is 7.13. The number of anilines is 1. The van der Waals surface area contributed by atoms with E-state index in [1.165, 1.54) is 14.2 Å². The third-order valence-electron chi connectivity index (χ3n) is 4.48. The first-order chi connectivity index (χ1) is 13.0. The van der Waals surface area contributed by atoms with Gasteiger partial charge in [0.25, 0.3) is 11.8 Å². The largest absolute Gasteiger partial charge is 0.493 e. The summed E-state index contributed by atoms with van der Waals surface area (Å²) in [5, 5.41) is 2.84. The highest BCUT2D eigenvalue weighted by Gasteiger charge is 2.25. The van der Waals surface area contributed by atoms with Gasteiger partial charge in [0, 0.05) is 29.2 Å². The van der Waals surface area contributed by atoms with Crippen molar-refractivity contribution < 1.29 is 19.1 Å². The van der Waals surface area contributed by atoms with Crippen LogP contribution < -0.4 is 14.8 Å². The summed E-state index contributed by atoms with van der Waals surface area (Å²) in [6.07, 6.45) is 1.97. The van der Waals surface area contributed by atoms with Gasteiger partial charge >= 0.3 is 0 Å². The normalized spacial score (nSPS) is 13.4. The lowest BCUT2D eigenvalue weighted by atomic mass is 10.1. The van der Waals surface area contributed by atoms with Crippen molar-refractivity contribution in [3.63, 3.8) is 0 Å². The van der Waals surface area contributed by atoms with Gasteiger partial charge in [0.2, 0.25) is 0 Å². The smallest absolute Gasteiger partial charge is 0.256 e. The van der Waals surface area contributed by atoms with E-state index < -0.39 is 0 Å². The van der Waals surface area contributed by atoms with Gasteiger partial charge in [0.1, 0.15) is 0 Å². The van der Waals surface area contributed by atoms with Crippen LogP contribution in [0.15, 0.2) is 40.9 Å². The average Bonchev–Trinajstić information content (AvgIpc) is 3.21. The van der Waals surface area contributed by atoms with Gasteiger partial charge in [-0.2, -0.15) is 0 Å². The summed E-state index contributed by atoms with van der Waals surface area (Å²) in [7, 11) is 3.03. The van der Waals surface area contributed by atoms with Crippen molar-refractivity contribution in [3.8, 4) is 11.5 Å². The third-order valence-corrected chi connectivity index (χ3v) is 4.98. The van der Waals surface area contributed by atoms with Crippen LogP contribution in [0.2, 0.25) is 0 Å². The maximum Gasteiger partial charge on any atom is 0.256 e. The van der Waals surface area contributed by atoms with Crippen LogP contribution >= 0.6 is 15.9 Å². The van der Waals surface area contributed by atoms with E-state index in [-0.39, 0.29) is 11.8 Å². The predicted molar refractivity (Wildman–Crippen MR) is 107 cm³/mol. The van der Waals surface area contributed by atoms with E-state index >= 15 is 0 Å². The number of ether oxygens (including phenoxy) is 2. The molecule has 1 N–H and O–H groups in total. The molecule has 1 saturated heterocycles. The molecule has 2 aromatic rings. The lowest BCUT2D eigenvalue weighted by Gasteiger charge is -2.20. The quantitative estimate of drug-likeness (QED) is 0.776. The second kappa shape index (κ2) is 8.43. The summed E-state index contributed by atoms with van der Waals surface area (Å²) in [6, 6.07) is 10.3. The van der Waals surface area contributed by atoms with Gasteiger partial charge in [0.15, 0.2) is 11.5 Å². The molecule has 0 saturated carbocycles. The molecule has 1 fully saturated rings. The molecule has 0 radical (unpaired) electrons. The van der Waals surface area contributed by atoms with Gasteiger partial charge in [-0.25, -0.2) is 0 Å². The first-order valence-corrected chi connectivity index (χ1v) is 9.45. The van der Waals surface area contributed by atoms with Crippen LogP contribution in [0, 0.1) is 0 Å². The Morgan fingerprint density at radius 2 is 1.70 bits per heavy atom. The van der Waals surface area contributed by atoms with Gasteiger partial charge in [-0.15, -0.1) is 0 Å². The minimum absolute atomic E-state index is 0.127. The predicted octanol–water partition coefficient (Wildman–Crippen LogP) is 3.95. The van der Waals surface area contributed by atoms with Crippen LogP contribution in [0.3, 0.4) is 0 Å². The van der Waals surface area contributed by atoms with E-state index in [1.54, 1.807) is 35.2 Å². The Morgan fingerprint density at radius 3 is 2.33 bits per heavy atom. The van der Waals surface area contributed by atoms with Gasteiger partial charge in [-0.1, -0.05) is 22.0 Å². The number of hydrogen-bond acceptors (Lipinski definition) is 4. The molecular weight excluding hydrogens is 412 g/mol. The molecule has 0 aliphatic carbocycles. The van der Waals surface area contributed by atoms with Crippen molar-refractivity contribution >= 4 is 33.4 Å². The molecule has 0 spiro atoms. The highest BCUT2D eigenvalue weighted by molar-refractivity contribution is 9.10. The fourth-order valence-corrected chi connectivity index (χ4v) is 3.47. The number of amides is 2. The highest BCUT2D eigenvalue weighted by Crippen LogP contribution is 2.34. The van der Waals surface area contributed by atoms with Crippen molar-refractivity contribution in [3.05, 3.63) is 52.0 Å². The molecule has 2 aromatic carbocycles.